The third-order valence-electron chi connectivity index (χ3n) is 1.80. The van der Waals surface area contributed by atoms with Crippen LogP contribution in [0.1, 0.15) is 12.5 Å². The second-order valence-electron chi connectivity index (χ2n) is 2.92. The number of halogens is 2. The molecule has 1 aromatic rings. The van der Waals surface area contributed by atoms with E-state index in [2.05, 4.69) is 4.74 Å². The Bertz CT molecular complexity index is 407. The smallest absolute Gasteiger partial charge is 0.341 e. The molecule has 86 valence electrons. The first kappa shape index (κ1) is 12.2. The number of hydrogen-bond acceptors (Lipinski definition) is 3. The monoisotopic (exact) mass is 228 g/mol. The van der Waals surface area contributed by atoms with Crippen molar-refractivity contribution in [2.24, 2.45) is 0 Å². The first-order valence-corrected chi connectivity index (χ1v) is 4.56. The van der Waals surface area contributed by atoms with Gasteiger partial charge in [0.25, 0.3) is 0 Å². The molecular weight excluding hydrogens is 218 g/mol. The number of aliphatic hydroxyl groups excluding tert-OH is 1. The van der Waals surface area contributed by atoms with Crippen LogP contribution < -0.4 is 0 Å². The van der Waals surface area contributed by atoms with E-state index in [9.17, 15) is 13.6 Å². The third-order valence-corrected chi connectivity index (χ3v) is 1.80. The Kier molecular flexibility index (Phi) is 3.99. The van der Waals surface area contributed by atoms with Gasteiger partial charge in [0.1, 0.15) is 17.2 Å². The molecule has 16 heavy (non-hydrogen) atoms. The topological polar surface area (TPSA) is 46.5 Å². The lowest BCUT2D eigenvalue weighted by Crippen LogP contribution is -2.07. The standard InChI is InChI=1S/C11H10F2O3/c1-2-16-11(15)10(6-14)7-3-8(12)5-9(13)4-7/h3-6,14H,2H2,1H3. The van der Waals surface area contributed by atoms with Crippen molar-refractivity contribution in [2.45, 2.75) is 6.92 Å². The van der Waals surface area contributed by atoms with Crippen molar-refractivity contribution in [3.05, 3.63) is 41.7 Å². The van der Waals surface area contributed by atoms with Crippen molar-refractivity contribution in [2.75, 3.05) is 6.61 Å². The molecular formula is C11H10F2O3. The fraction of sp³-hybridized carbons (Fsp3) is 0.182. The molecule has 0 fully saturated rings. The zero-order chi connectivity index (χ0) is 12.1. The van der Waals surface area contributed by atoms with Gasteiger partial charge in [-0.3, -0.25) is 0 Å². The number of carbonyl (C=O) groups is 1. The fourth-order valence-electron chi connectivity index (χ4n) is 1.16. The normalized spacial score (nSPS) is 11.3. The lowest BCUT2D eigenvalue weighted by Gasteiger charge is -2.06. The largest absolute Gasteiger partial charge is 0.515 e. The van der Waals surface area contributed by atoms with Crippen LogP contribution in [0.3, 0.4) is 0 Å². The Morgan fingerprint density at radius 1 is 1.38 bits per heavy atom. The van der Waals surface area contributed by atoms with Crippen molar-refractivity contribution < 1.29 is 23.4 Å². The van der Waals surface area contributed by atoms with E-state index >= 15 is 0 Å². The summed E-state index contributed by atoms with van der Waals surface area (Å²) in [6.45, 7) is 1.69. The maximum Gasteiger partial charge on any atom is 0.341 e. The van der Waals surface area contributed by atoms with E-state index in [0.717, 1.165) is 12.1 Å². The Hall–Kier alpha value is -1.91. The molecule has 0 radical (unpaired) electrons. The summed E-state index contributed by atoms with van der Waals surface area (Å²) < 4.78 is 30.4. The highest BCUT2D eigenvalue weighted by Crippen LogP contribution is 2.18. The average molecular weight is 228 g/mol. The summed E-state index contributed by atoms with van der Waals surface area (Å²) in [6.07, 6.45) is 0.464. The van der Waals surface area contributed by atoms with Gasteiger partial charge in [-0.25, -0.2) is 13.6 Å². The second kappa shape index (κ2) is 5.25. The Labute approximate surface area is 91.0 Å². The maximum atomic E-state index is 12.9. The quantitative estimate of drug-likeness (QED) is 0.491. The molecule has 0 atom stereocenters. The summed E-state index contributed by atoms with van der Waals surface area (Å²) in [7, 11) is 0. The van der Waals surface area contributed by atoms with Crippen LogP contribution in [-0.2, 0) is 9.53 Å². The lowest BCUT2D eigenvalue weighted by atomic mass is 10.1. The van der Waals surface area contributed by atoms with E-state index in [1.54, 1.807) is 6.92 Å². The third kappa shape index (κ3) is 2.79. The predicted molar refractivity (Wildman–Crippen MR) is 53.6 cm³/mol. The van der Waals surface area contributed by atoms with Crippen molar-refractivity contribution in [3.8, 4) is 0 Å². The van der Waals surface area contributed by atoms with Crippen molar-refractivity contribution in [3.63, 3.8) is 0 Å². The summed E-state index contributed by atoms with van der Waals surface area (Å²) >= 11 is 0. The molecule has 0 saturated heterocycles. The molecule has 0 heterocycles. The first-order valence-electron chi connectivity index (χ1n) is 4.56. The van der Waals surface area contributed by atoms with Crippen molar-refractivity contribution >= 4 is 11.5 Å². The summed E-state index contributed by atoms with van der Waals surface area (Å²) in [4.78, 5) is 11.3. The van der Waals surface area contributed by atoms with Gasteiger partial charge in [0, 0.05) is 6.07 Å². The minimum atomic E-state index is -0.838. The molecule has 0 aliphatic carbocycles. The van der Waals surface area contributed by atoms with Crippen LogP contribution in [0.25, 0.3) is 5.57 Å². The molecule has 0 unspecified atom stereocenters. The van der Waals surface area contributed by atoms with Crippen LogP contribution in [0.4, 0.5) is 8.78 Å². The van der Waals surface area contributed by atoms with Crippen molar-refractivity contribution in [1.29, 1.82) is 0 Å². The van der Waals surface area contributed by atoms with E-state index in [-0.39, 0.29) is 17.7 Å². The van der Waals surface area contributed by atoms with Gasteiger partial charge in [-0.2, -0.15) is 0 Å². The second-order valence-corrected chi connectivity index (χ2v) is 2.92. The van der Waals surface area contributed by atoms with Crippen LogP contribution >= 0.6 is 0 Å². The molecule has 0 amide bonds. The van der Waals surface area contributed by atoms with E-state index in [4.69, 9.17) is 5.11 Å². The number of ether oxygens (including phenoxy) is 1. The van der Waals surface area contributed by atoms with Gasteiger partial charge in [0.05, 0.1) is 12.9 Å². The van der Waals surface area contributed by atoms with E-state index in [1.807, 2.05) is 0 Å². The van der Waals surface area contributed by atoms with Gasteiger partial charge >= 0.3 is 5.97 Å². The van der Waals surface area contributed by atoms with Gasteiger partial charge in [-0.05, 0) is 24.6 Å². The number of rotatable bonds is 3. The van der Waals surface area contributed by atoms with Crippen LogP contribution in [0, 0.1) is 11.6 Å². The lowest BCUT2D eigenvalue weighted by molar-refractivity contribution is -0.136. The molecule has 0 saturated carbocycles. The highest BCUT2D eigenvalue weighted by Gasteiger charge is 2.15. The van der Waals surface area contributed by atoms with Crippen molar-refractivity contribution in [1.82, 2.24) is 0 Å². The Morgan fingerprint density at radius 2 is 1.94 bits per heavy atom. The number of carbonyl (C=O) groups excluding carboxylic acids is 1. The van der Waals surface area contributed by atoms with E-state index in [1.165, 1.54) is 0 Å². The Morgan fingerprint density at radius 3 is 2.38 bits per heavy atom. The van der Waals surface area contributed by atoms with Crippen LogP contribution in [0.15, 0.2) is 24.5 Å². The number of aliphatic hydroxyl groups is 1. The summed E-state index contributed by atoms with van der Waals surface area (Å²) in [5.41, 5.74) is -0.362. The number of hydrogen-bond donors (Lipinski definition) is 1. The van der Waals surface area contributed by atoms with E-state index in [0.29, 0.717) is 12.3 Å². The molecule has 0 bridgehead atoms. The molecule has 0 aromatic heterocycles. The summed E-state index contributed by atoms with van der Waals surface area (Å²) in [5.74, 6) is -2.51. The van der Waals surface area contributed by atoms with Gasteiger partial charge in [-0.15, -0.1) is 0 Å². The molecule has 0 spiro atoms. The summed E-state index contributed by atoms with van der Waals surface area (Å²) in [5, 5.41) is 8.85. The molecule has 1 N–H and O–H groups in total. The zero-order valence-corrected chi connectivity index (χ0v) is 8.54. The molecule has 1 rings (SSSR count). The average Bonchev–Trinajstić information content (AvgIpc) is 2.17. The molecule has 0 aliphatic heterocycles. The van der Waals surface area contributed by atoms with Gasteiger partial charge in [0.15, 0.2) is 0 Å². The van der Waals surface area contributed by atoms with Gasteiger partial charge in [-0.1, -0.05) is 0 Å². The number of esters is 1. The van der Waals surface area contributed by atoms with Crippen LogP contribution in [0.5, 0.6) is 0 Å². The minimum Gasteiger partial charge on any atom is -0.515 e. The maximum absolute atomic E-state index is 12.9. The SMILES string of the molecule is CCOC(=O)C(=CO)c1cc(F)cc(F)c1. The first-order chi connectivity index (χ1) is 7.58. The molecule has 1 aromatic carbocycles. The predicted octanol–water partition coefficient (Wildman–Crippen LogP) is 2.43. The summed E-state index contributed by atoms with van der Waals surface area (Å²) in [6, 6.07) is 2.54. The highest BCUT2D eigenvalue weighted by atomic mass is 19.1. The fourth-order valence-corrected chi connectivity index (χ4v) is 1.16. The minimum absolute atomic E-state index is 0.0709. The zero-order valence-electron chi connectivity index (χ0n) is 8.54. The Balaban J connectivity index is 3.09. The van der Waals surface area contributed by atoms with Gasteiger partial charge in [0.2, 0.25) is 0 Å². The molecule has 5 heteroatoms. The molecule has 3 nitrogen and oxygen atoms in total. The van der Waals surface area contributed by atoms with E-state index < -0.39 is 17.6 Å². The van der Waals surface area contributed by atoms with Gasteiger partial charge < -0.3 is 9.84 Å². The number of benzene rings is 1. The van der Waals surface area contributed by atoms with Crippen LogP contribution in [-0.4, -0.2) is 17.7 Å². The van der Waals surface area contributed by atoms with Crippen LogP contribution in [0.2, 0.25) is 0 Å². The molecule has 0 aliphatic rings. The highest BCUT2D eigenvalue weighted by molar-refractivity contribution is 6.16.